The normalized spacial score (nSPS) is 11.1. The first-order chi connectivity index (χ1) is 9.91. The zero-order valence-corrected chi connectivity index (χ0v) is 11.1. The van der Waals surface area contributed by atoms with Gasteiger partial charge in [0.25, 0.3) is 0 Å². The number of nitrogens with zero attached hydrogens (tertiary/aromatic N) is 1. The first kappa shape index (κ1) is 13.0. The van der Waals surface area contributed by atoms with E-state index in [0.717, 1.165) is 0 Å². The minimum Gasteiger partial charge on any atom is -0.464 e. The Kier molecular flexibility index (Phi) is 2.65. The minimum atomic E-state index is -1.02. The first-order valence-electron chi connectivity index (χ1n) is 6.04. The van der Waals surface area contributed by atoms with Crippen molar-refractivity contribution < 1.29 is 13.8 Å². The molecule has 2 heterocycles. The maximum absolute atomic E-state index is 11.9. The summed E-state index contributed by atoms with van der Waals surface area (Å²) < 4.78 is 10.3. The van der Waals surface area contributed by atoms with Crippen LogP contribution in [0, 0.1) is 24.0 Å². The zero-order chi connectivity index (χ0) is 15.3. The molecule has 0 aliphatic heterocycles. The van der Waals surface area contributed by atoms with E-state index in [0.29, 0.717) is 16.5 Å². The Labute approximate surface area is 116 Å². The van der Waals surface area contributed by atoms with Crippen LogP contribution in [0.25, 0.3) is 21.9 Å². The van der Waals surface area contributed by atoms with Crippen LogP contribution < -0.4 is 11.1 Å². The predicted molar refractivity (Wildman–Crippen MR) is 74.7 cm³/mol. The second-order valence-electron chi connectivity index (χ2n) is 4.66. The predicted octanol–water partition coefficient (Wildman–Crippen LogP) is 2.42. The average Bonchev–Trinajstić information content (AvgIpc) is 2.41. The van der Waals surface area contributed by atoms with Gasteiger partial charge in [0.2, 0.25) is 0 Å². The molecule has 0 unspecified atom stereocenters. The Bertz CT molecular complexity index is 1030. The van der Waals surface area contributed by atoms with Crippen LogP contribution >= 0.6 is 0 Å². The summed E-state index contributed by atoms with van der Waals surface area (Å²) in [5.41, 5.74) is -0.812. The molecule has 0 spiro atoms. The van der Waals surface area contributed by atoms with E-state index in [2.05, 4.69) is 0 Å². The molecule has 0 saturated carbocycles. The highest BCUT2D eigenvalue weighted by molar-refractivity contribution is 5.98. The zero-order valence-electron chi connectivity index (χ0n) is 11.1. The van der Waals surface area contributed by atoms with Crippen LogP contribution in [0.4, 0.5) is 5.69 Å². The van der Waals surface area contributed by atoms with E-state index < -0.39 is 16.2 Å². The molecule has 3 aromatic rings. The van der Waals surface area contributed by atoms with Crippen molar-refractivity contribution in [2.75, 3.05) is 0 Å². The second-order valence-corrected chi connectivity index (χ2v) is 4.66. The molecule has 0 aliphatic carbocycles. The Morgan fingerprint density at radius 3 is 2.48 bits per heavy atom. The largest absolute Gasteiger partial charge is 0.464 e. The van der Waals surface area contributed by atoms with Crippen molar-refractivity contribution in [1.29, 1.82) is 0 Å². The van der Waals surface area contributed by atoms with E-state index in [4.69, 9.17) is 8.83 Å². The third kappa shape index (κ3) is 1.74. The summed E-state index contributed by atoms with van der Waals surface area (Å²) in [7, 11) is 0. The Morgan fingerprint density at radius 2 is 1.81 bits per heavy atom. The molecule has 0 radical (unpaired) electrons. The molecule has 0 amide bonds. The molecule has 7 heteroatoms. The number of hydrogen-bond acceptors (Lipinski definition) is 6. The van der Waals surface area contributed by atoms with Gasteiger partial charge in [0.15, 0.2) is 5.43 Å². The lowest BCUT2D eigenvalue weighted by Gasteiger charge is -2.06. The Hall–Kier alpha value is -2.96. The van der Waals surface area contributed by atoms with Gasteiger partial charge in [0.1, 0.15) is 11.2 Å². The van der Waals surface area contributed by atoms with Gasteiger partial charge in [0, 0.05) is 22.6 Å². The van der Waals surface area contributed by atoms with E-state index in [1.807, 2.05) is 0 Å². The summed E-state index contributed by atoms with van der Waals surface area (Å²) in [4.78, 5) is 33.8. The van der Waals surface area contributed by atoms with Crippen molar-refractivity contribution >= 4 is 27.6 Å². The smallest absolute Gasteiger partial charge is 0.415 e. The van der Waals surface area contributed by atoms with Crippen LogP contribution in [0.1, 0.15) is 11.1 Å². The molecule has 21 heavy (non-hydrogen) atoms. The lowest BCUT2D eigenvalue weighted by molar-refractivity contribution is -0.387. The molecular formula is C14H9NO6. The third-order valence-corrected chi connectivity index (χ3v) is 3.46. The minimum absolute atomic E-state index is 0.166. The van der Waals surface area contributed by atoms with E-state index in [1.54, 1.807) is 6.92 Å². The lowest BCUT2D eigenvalue weighted by atomic mass is 10.0. The van der Waals surface area contributed by atoms with Crippen LogP contribution in [-0.4, -0.2) is 4.92 Å². The fourth-order valence-electron chi connectivity index (χ4n) is 2.41. The second kappa shape index (κ2) is 4.27. The van der Waals surface area contributed by atoms with Crippen LogP contribution in [-0.2, 0) is 0 Å². The Morgan fingerprint density at radius 1 is 1.10 bits per heavy atom. The topological polar surface area (TPSA) is 104 Å². The maximum atomic E-state index is 11.9. The number of benzene rings is 1. The van der Waals surface area contributed by atoms with E-state index >= 15 is 0 Å². The number of nitro groups is 1. The Balaban J connectivity index is 2.65. The van der Waals surface area contributed by atoms with Crippen molar-refractivity contribution in [3.05, 3.63) is 60.3 Å². The van der Waals surface area contributed by atoms with Gasteiger partial charge in [-0.05, 0) is 19.9 Å². The molecular weight excluding hydrogens is 278 g/mol. The molecule has 1 aromatic carbocycles. The van der Waals surface area contributed by atoms with Gasteiger partial charge in [-0.2, -0.15) is 0 Å². The highest BCUT2D eigenvalue weighted by Crippen LogP contribution is 2.30. The number of rotatable bonds is 1. The molecule has 0 aliphatic rings. The number of hydrogen-bond donors (Lipinski definition) is 0. The average molecular weight is 287 g/mol. The maximum Gasteiger partial charge on any atom is 0.415 e. The van der Waals surface area contributed by atoms with E-state index in [-0.39, 0.29) is 22.0 Å². The summed E-state index contributed by atoms with van der Waals surface area (Å²) in [6.07, 6.45) is 1.25. The van der Waals surface area contributed by atoms with Crippen LogP contribution in [0.2, 0.25) is 0 Å². The van der Waals surface area contributed by atoms with Crippen LogP contribution in [0.15, 0.2) is 36.8 Å². The molecule has 0 saturated heterocycles. The fraction of sp³-hybridized carbons (Fsp3) is 0.143. The molecule has 106 valence electrons. The summed E-state index contributed by atoms with van der Waals surface area (Å²) in [6, 6.07) is 2.71. The van der Waals surface area contributed by atoms with E-state index in [1.165, 1.54) is 25.3 Å². The summed E-state index contributed by atoms with van der Waals surface area (Å²) in [6.45, 7) is 3.08. The fourth-order valence-corrected chi connectivity index (χ4v) is 2.41. The first-order valence-corrected chi connectivity index (χ1v) is 6.04. The van der Waals surface area contributed by atoms with Crippen LogP contribution in [0.5, 0.6) is 0 Å². The lowest BCUT2D eigenvalue weighted by Crippen LogP contribution is -2.10. The molecule has 3 rings (SSSR count). The molecule has 0 N–H and O–H groups in total. The molecule has 2 aromatic heterocycles. The number of fused-ring (bicyclic) bond motifs is 2. The molecule has 0 fully saturated rings. The van der Waals surface area contributed by atoms with Crippen molar-refractivity contribution in [3.63, 3.8) is 0 Å². The summed E-state index contributed by atoms with van der Waals surface area (Å²) in [5, 5.41) is 11.6. The van der Waals surface area contributed by atoms with Crippen molar-refractivity contribution in [2.45, 2.75) is 13.8 Å². The van der Waals surface area contributed by atoms with Gasteiger partial charge < -0.3 is 8.83 Å². The third-order valence-electron chi connectivity index (χ3n) is 3.46. The van der Waals surface area contributed by atoms with Gasteiger partial charge >= 0.3 is 11.3 Å². The van der Waals surface area contributed by atoms with E-state index in [9.17, 15) is 19.7 Å². The van der Waals surface area contributed by atoms with Gasteiger partial charge in [0.05, 0.1) is 16.6 Å². The molecule has 7 nitrogen and oxygen atoms in total. The van der Waals surface area contributed by atoms with Gasteiger partial charge in [-0.1, -0.05) is 0 Å². The number of aryl methyl sites for hydroxylation is 2. The summed E-state index contributed by atoms with van der Waals surface area (Å²) >= 11 is 0. The highest BCUT2D eigenvalue weighted by Gasteiger charge is 2.23. The van der Waals surface area contributed by atoms with Gasteiger partial charge in [-0.15, -0.1) is 0 Å². The van der Waals surface area contributed by atoms with Crippen molar-refractivity contribution in [2.24, 2.45) is 0 Å². The quantitative estimate of drug-likeness (QED) is 0.294. The van der Waals surface area contributed by atoms with Gasteiger partial charge in [-0.3, -0.25) is 14.9 Å². The highest BCUT2D eigenvalue weighted by atomic mass is 16.6. The molecule has 0 bridgehead atoms. The summed E-state index contributed by atoms with van der Waals surface area (Å²) in [5.74, 6) is 0. The van der Waals surface area contributed by atoms with Gasteiger partial charge in [-0.25, -0.2) is 4.79 Å². The van der Waals surface area contributed by atoms with Crippen LogP contribution in [0.3, 0.4) is 0 Å². The van der Waals surface area contributed by atoms with Crippen molar-refractivity contribution in [1.82, 2.24) is 0 Å². The van der Waals surface area contributed by atoms with Crippen molar-refractivity contribution in [3.8, 4) is 0 Å². The SMILES string of the molecule is Cc1c([N+](=O)[O-])c(=O)oc2c(C)c3occc(=O)c3cc12. The molecule has 0 atom stereocenters. The standard InChI is InChI=1S/C14H9NO6/c1-6-8-5-9-10(16)3-4-20-12(9)7(2)13(8)21-14(17)11(6)15(18)19/h3-5H,1-2H3. The monoisotopic (exact) mass is 287 g/mol.